The number of aryl methyl sites for hydroxylation is 2. The van der Waals surface area contributed by atoms with Crippen LogP contribution in [0, 0.1) is 13.8 Å². The first-order valence-electron chi connectivity index (χ1n) is 7.04. The van der Waals surface area contributed by atoms with Crippen LogP contribution in [0.4, 0.5) is 0 Å². The zero-order valence-electron chi connectivity index (χ0n) is 11.5. The molecule has 1 saturated heterocycles. The van der Waals surface area contributed by atoms with Crippen LogP contribution in [0.25, 0.3) is 0 Å². The second-order valence-corrected chi connectivity index (χ2v) is 5.46. The molecule has 2 fully saturated rings. The molecule has 1 aromatic rings. The van der Waals surface area contributed by atoms with Crippen molar-refractivity contribution in [2.75, 3.05) is 13.2 Å². The molecule has 0 unspecified atom stereocenters. The minimum atomic E-state index is 0.0523. The van der Waals surface area contributed by atoms with E-state index < -0.39 is 0 Å². The monoisotopic (exact) mass is 264 g/mol. The second-order valence-electron chi connectivity index (χ2n) is 5.46. The standard InChI is InChI=1S/C14H20N2O3/c1-9-13(10(2)19-15-9)14(17)16-7-8-18-12-6-4-3-5-11(12)16/h11-12H,3-8H2,1-2H3/t11-,12-/m1/s1. The van der Waals surface area contributed by atoms with Gasteiger partial charge in [-0.15, -0.1) is 0 Å². The van der Waals surface area contributed by atoms with Crippen LogP contribution in [0.5, 0.6) is 0 Å². The maximum atomic E-state index is 12.7. The maximum Gasteiger partial charge on any atom is 0.259 e. The summed E-state index contributed by atoms with van der Waals surface area (Å²) in [5, 5.41) is 3.88. The fourth-order valence-corrected chi connectivity index (χ4v) is 3.28. The van der Waals surface area contributed by atoms with Gasteiger partial charge in [-0.25, -0.2) is 0 Å². The van der Waals surface area contributed by atoms with Gasteiger partial charge in [-0.2, -0.15) is 0 Å². The van der Waals surface area contributed by atoms with E-state index >= 15 is 0 Å². The van der Waals surface area contributed by atoms with Gasteiger partial charge in [0.15, 0.2) is 0 Å². The van der Waals surface area contributed by atoms with Gasteiger partial charge < -0.3 is 14.2 Å². The summed E-state index contributed by atoms with van der Waals surface area (Å²) in [6.45, 7) is 4.93. The molecule has 1 aromatic heterocycles. The number of aromatic nitrogens is 1. The van der Waals surface area contributed by atoms with Gasteiger partial charge in [-0.3, -0.25) is 4.79 Å². The van der Waals surface area contributed by atoms with Crippen molar-refractivity contribution in [2.45, 2.75) is 51.7 Å². The van der Waals surface area contributed by atoms with E-state index in [0.29, 0.717) is 30.2 Å². The molecule has 1 aliphatic heterocycles. The molecule has 1 saturated carbocycles. The van der Waals surface area contributed by atoms with Crippen LogP contribution in [0.3, 0.4) is 0 Å². The van der Waals surface area contributed by atoms with Crippen molar-refractivity contribution in [3.05, 3.63) is 17.0 Å². The summed E-state index contributed by atoms with van der Waals surface area (Å²) in [5.74, 6) is 0.665. The Balaban J connectivity index is 1.86. The third-order valence-electron chi connectivity index (χ3n) is 4.24. The molecule has 5 nitrogen and oxygen atoms in total. The summed E-state index contributed by atoms with van der Waals surface area (Å²) in [5.41, 5.74) is 1.31. The van der Waals surface area contributed by atoms with E-state index in [1.807, 2.05) is 11.8 Å². The van der Waals surface area contributed by atoms with Crippen LogP contribution >= 0.6 is 0 Å². The number of hydrogen-bond acceptors (Lipinski definition) is 4. The number of carbonyl (C=O) groups excluding carboxylic acids is 1. The normalized spacial score (nSPS) is 27.2. The highest BCUT2D eigenvalue weighted by Crippen LogP contribution is 2.30. The summed E-state index contributed by atoms with van der Waals surface area (Å²) in [6.07, 6.45) is 4.70. The molecule has 1 aliphatic carbocycles. The van der Waals surface area contributed by atoms with Crippen LogP contribution < -0.4 is 0 Å². The van der Waals surface area contributed by atoms with Crippen molar-refractivity contribution in [3.8, 4) is 0 Å². The van der Waals surface area contributed by atoms with E-state index in [4.69, 9.17) is 9.26 Å². The van der Waals surface area contributed by atoms with Crippen LogP contribution in [-0.2, 0) is 4.74 Å². The van der Waals surface area contributed by atoms with E-state index in [1.165, 1.54) is 12.8 Å². The first kappa shape index (κ1) is 12.7. The third-order valence-corrected chi connectivity index (χ3v) is 4.24. The third kappa shape index (κ3) is 2.16. The summed E-state index contributed by atoms with van der Waals surface area (Å²) in [6, 6.07) is 0.226. The number of rotatable bonds is 1. The Labute approximate surface area is 112 Å². The molecule has 0 aromatic carbocycles. The van der Waals surface area contributed by atoms with Crippen LogP contribution in [0.1, 0.15) is 47.5 Å². The largest absolute Gasteiger partial charge is 0.374 e. The fraction of sp³-hybridized carbons (Fsp3) is 0.714. The summed E-state index contributed by atoms with van der Waals surface area (Å²) in [7, 11) is 0. The summed E-state index contributed by atoms with van der Waals surface area (Å²) >= 11 is 0. The van der Waals surface area contributed by atoms with Crippen molar-refractivity contribution in [1.29, 1.82) is 0 Å². The highest BCUT2D eigenvalue weighted by atomic mass is 16.5. The number of amides is 1. The Morgan fingerprint density at radius 1 is 1.32 bits per heavy atom. The van der Waals surface area contributed by atoms with Gasteiger partial charge >= 0.3 is 0 Å². The first-order chi connectivity index (χ1) is 9.18. The lowest BCUT2D eigenvalue weighted by molar-refractivity contribution is -0.0753. The molecule has 2 heterocycles. The Hall–Kier alpha value is -1.36. The highest BCUT2D eigenvalue weighted by Gasteiger charge is 2.38. The number of fused-ring (bicyclic) bond motifs is 1. The lowest BCUT2D eigenvalue weighted by atomic mass is 9.89. The Morgan fingerprint density at radius 2 is 2.11 bits per heavy atom. The van der Waals surface area contributed by atoms with Gasteiger partial charge in [0.05, 0.1) is 24.4 Å². The molecule has 5 heteroatoms. The number of hydrogen-bond donors (Lipinski definition) is 0. The Morgan fingerprint density at radius 3 is 2.84 bits per heavy atom. The van der Waals surface area contributed by atoms with E-state index in [1.54, 1.807) is 6.92 Å². The summed E-state index contributed by atoms with van der Waals surface area (Å²) < 4.78 is 10.9. The second kappa shape index (κ2) is 4.96. The van der Waals surface area contributed by atoms with Crippen LogP contribution in [0.15, 0.2) is 4.52 Å². The SMILES string of the molecule is Cc1noc(C)c1C(=O)N1CCO[C@@H]2CCCC[C@H]21. The molecule has 19 heavy (non-hydrogen) atoms. The number of carbonyl (C=O) groups is 1. The predicted octanol–water partition coefficient (Wildman–Crippen LogP) is 2.08. The van der Waals surface area contributed by atoms with Gasteiger partial charge in [0.25, 0.3) is 5.91 Å². The number of nitrogens with zero attached hydrogens (tertiary/aromatic N) is 2. The lowest BCUT2D eigenvalue weighted by Gasteiger charge is -2.43. The van der Waals surface area contributed by atoms with Crippen molar-refractivity contribution < 1.29 is 14.1 Å². The van der Waals surface area contributed by atoms with Crippen molar-refractivity contribution in [1.82, 2.24) is 10.1 Å². The van der Waals surface area contributed by atoms with Crippen LogP contribution in [0.2, 0.25) is 0 Å². The molecular formula is C14H20N2O3. The number of morpholine rings is 1. The van der Waals surface area contributed by atoms with Crippen molar-refractivity contribution in [3.63, 3.8) is 0 Å². The van der Waals surface area contributed by atoms with Crippen LogP contribution in [-0.4, -0.2) is 41.3 Å². The van der Waals surface area contributed by atoms with Crippen molar-refractivity contribution >= 4 is 5.91 Å². The molecule has 3 rings (SSSR count). The molecule has 0 bridgehead atoms. The molecule has 0 radical (unpaired) electrons. The molecule has 104 valence electrons. The average molecular weight is 264 g/mol. The van der Waals surface area contributed by atoms with Gasteiger partial charge in [0.2, 0.25) is 0 Å². The highest BCUT2D eigenvalue weighted by molar-refractivity contribution is 5.96. The maximum absolute atomic E-state index is 12.7. The quantitative estimate of drug-likeness (QED) is 0.779. The zero-order chi connectivity index (χ0) is 13.4. The molecule has 1 amide bonds. The zero-order valence-corrected chi connectivity index (χ0v) is 11.5. The van der Waals surface area contributed by atoms with E-state index in [2.05, 4.69) is 5.16 Å². The molecule has 0 spiro atoms. The lowest BCUT2D eigenvalue weighted by Crippen LogP contribution is -2.55. The Bertz CT molecular complexity index is 462. The minimum Gasteiger partial charge on any atom is -0.374 e. The smallest absolute Gasteiger partial charge is 0.259 e. The van der Waals surface area contributed by atoms with Gasteiger partial charge in [-0.1, -0.05) is 18.0 Å². The topological polar surface area (TPSA) is 55.6 Å². The molecule has 0 N–H and O–H groups in total. The summed E-state index contributed by atoms with van der Waals surface area (Å²) in [4.78, 5) is 14.7. The van der Waals surface area contributed by atoms with Gasteiger partial charge in [0, 0.05) is 6.54 Å². The van der Waals surface area contributed by atoms with E-state index in [9.17, 15) is 4.79 Å². The predicted molar refractivity (Wildman–Crippen MR) is 69.0 cm³/mol. The van der Waals surface area contributed by atoms with Gasteiger partial charge in [0.1, 0.15) is 11.3 Å². The van der Waals surface area contributed by atoms with E-state index in [-0.39, 0.29) is 18.1 Å². The first-order valence-corrected chi connectivity index (χ1v) is 7.04. The minimum absolute atomic E-state index is 0.0523. The molecule has 2 aliphatic rings. The number of ether oxygens (including phenoxy) is 1. The fourth-order valence-electron chi connectivity index (χ4n) is 3.28. The van der Waals surface area contributed by atoms with Gasteiger partial charge in [-0.05, 0) is 26.7 Å². The Kier molecular flexibility index (Phi) is 3.31. The van der Waals surface area contributed by atoms with E-state index in [0.717, 1.165) is 12.8 Å². The molecular weight excluding hydrogens is 244 g/mol. The average Bonchev–Trinajstić information content (AvgIpc) is 2.77. The molecule has 2 atom stereocenters. The van der Waals surface area contributed by atoms with Crippen molar-refractivity contribution in [2.24, 2.45) is 0 Å².